The fraction of sp³-hybridized carbons (Fsp3) is 0.929. The summed E-state index contributed by atoms with van der Waals surface area (Å²) in [7, 11) is -4.26. The molecule has 0 amide bonds. The van der Waals surface area contributed by atoms with Crippen LogP contribution in [0.15, 0.2) is 11.6 Å². The van der Waals surface area contributed by atoms with E-state index in [1.807, 2.05) is 40.7 Å². The normalized spacial score (nSPS) is 48.8. The van der Waals surface area contributed by atoms with Gasteiger partial charge in [-0.05, 0) is 114 Å². The van der Waals surface area contributed by atoms with E-state index in [0.29, 0.717) is 57.8 Å². The zero-order chi connectivity index (χ0) is 61.8. The van der Waals surface area contributed by atoms with Gasteiger partial charge in [-0.2, -0.15) is 0 Å². The first-order valence-electron chi connectivity index (χ1n) is 29.3. The molecular weight excluding hydrogens is 1160 g/mol. The first-order chi connectivity index (χ1) is 39.1. The van der Waals surface area contributed by atoms with Gasteiger partial charge in [0.1, 0.15) is 102 Å². The van der Waals surface area contributed by atoms with Gasteiger partial charge in [0.15, 0.2) is 25.2 Å². The number of esters is 2. The number of aliphatic hydroxyl groups is 10. The minimum Gasteiger partial charge on any atom is -0.726 e. The summed E-state index contributed by atoms with van der Waals surface area (Å²) in [4.78, 5) is 26.4. The maximum absolute atomic E-state index is 14.6. The molecule has 5 aliphatic heterocycles. The number of fused-ring (bicyclic) bond motifs is 4. The first kappa shape index (κ1) is 69.7. The number of allylic oxidation sites excluding steroid dienone is 1. The minimum atomic E-state index is -5.44. The van der Waals surface area contributed by atoms with E-state index in [1.165, 1.54) is 21.0 Å². The summed E-state index contributed by atoms with van der Waals surface area (Å²) < 4.78 is 106. The summed E-state index contributed by atoms with van der Waals surface area (Å²) in [6.07, 6.45) is -26.9. The quantitative estimate of drug-likeness (QED) is 0.0155. The van der Waals surface area contributed by atoms with Gasteiger partial charge in [-0.15, -0.1) is 0 Å². The maximum Gasteiger partial charge on any atom is 1.00 e. The summed E-state index contributed by atoms with van der Waals surface area (Å²) in [5, 5.41) is 112. The van der Waals surface area contributed by atoms with Gasteiger partial charge in [-0.25, -0.2) is 8.42 Å². The average Bonchev–Trinajstić information content (AvgIpc) is 1.57. The molecule has 4 aliphatic carbocycles. The number of methoxy groups -OCH3 is 1. The molecule has 13 unspecified atom stereocenters. The van der Waals surface area contributed by atoms with Crippen LogP contribution in [0.1, 0.15) is 120 Å². The van der Waals surface area contributed by atoms with Gasteiger partial charge in [0.05, 0.1) is 38.1 Å². The van der Waals surface area contributed by atoms with Gasteiger partial charge in [0.2, 0.25) is 10.4 Å². The Hall–Kier alpha value is -1.21. The minimum absolute atomic E-state index is 0. The van der Waals surface area contributed by atoms with Crippen molar-refractivity contribution in [1.82, 2.24) is 0 Å². The second-order valence-corrected chi connectivity index (χ2v) is 27.8. The zero-order valence-corrected chi connectivity index (χ0v) is 53.1. The fourth-order valence-electron chi connectivity index (χ4n) is 16.9. The third kappa shape index (κ3) is 12.4. The van der Waals surface area contributed by atoms with Crippen molar-refractivity contribution in [2.45, 2.75) is 260 Å². The smallest absolute Gasteiger partial charge is 0.726 e. The summed E-state index contributed by atoms with van der Waals surface area (Å²) in [5.74, 6) is -1.18. The summed E-state index contributed by atoms with van der Waals surface area (Å²) in [5.41, 5.74) is -3.49. The summed E-state index contributed by atoms with van der Waals surface area (Å²) in [6, 6.07) is 0. The number of aliphatic hydroxyl groups excluding tert-OH is 10. The van der Waals surface area contributed by atoms with Gasteiger partial charge in [-0.3, -0.25) is 13.8 Å². The van der Waals surface area contributed by atoms with Crippen LogP contribution in [0.3, 0.4) is 0 Å². The van der Waals surface area contributed by atoms with E-state index in [9.17, 15) is 73.6 Å². The third-order valence-electron chi connectivity index (χ3n) is 21.0. The molecule has 29 heteroatoms. The fourth-order valence-corrected chi connectivity index (χ4v) is 17.4. The van der Waals surface area contributed by atoms with Crippen molar-refractivity contribution in [3.8, 4) is 0 Å². The molecule has 3 saturated carbocycles. The number of carbonyl (C=O) groups is 2. The van der Waals surface area contributed by atoms with Gasteiger partial charge in [-0.1, -0.05) is 39.3 Å². The number of cyclic esters (lactones) is 1. The van der Waals surface area contributed by atoms with Crippen LogP contribution in [0.25, 0.3) is 0 Å². The van der Waals surface area contributed by atoms with Crippen LogP contribution in [0.5, 0.6) is 0 Å². The Bertz CT molecular complexity index is 2510. The van der Waals surface area contributed by atoms with Crippen LogP contribution in [0, 0.1) is 39.4 Å². The van der Waals surface area contributed by atoms with Crippen LogP contribution >= 0.6 is 0 Å². The first-order valence-corrected chi connectivity index (χ1v) is 30.7. The Kier molecular flexibility index (Phi) is 21.1. The molecular formula is C56H89NaO27S. The van der Waals surface area contributed by atoms with E-state index in [2.05, 4.69) is 18.0 Å². The molecule has 27 nitrogen and oxygen atoms in total. The summed E-state index contributed by atoms with van der Waals surface area (Å²) in [6.45, 7) is 14.6. The van der Waals surface area contributed by atoms with Crippen LogP contribution < -0.4 is 29.6 Å². The number of hydrogen-bond donors (Lipinski definition) is 10. The van der Waals surface area contributed by atoms with Crippen LogP contribution in [0.2, 0.25) is 0 Å². The van der Waals surface area contributed by atoms with Gasteiger partial charge in [0.25, 0.3) is 0 Å². The van der Waals surface area contributed by atoms with Crippen LogP contribution in [-0.2, 0) is 76.3 Å². The molecule has 482 valence electrons. The molecule has 9 aliphatic rings. The number of rotatable bonds is 18. The molecule has 10 N–H and O–H groups in total. The molecule has 9 rings (SSSR count). The van der Waals surface area contributed by atoms with Crippen molar-refractivity contribution in [2.24, 2.45) is 39.4 Å². The van der Waals surface area contributed by atoms with E-state index in [-0.39, 0.29) is 59.2 Å². The van der Waals surface area contributed by atoms with Crippen molar-refractivity contribution in [3.05, 3.63) is 11.6 Å². The molecule has 8 fully saturated rings. The molecule has 1 spiro atoms. The van der Waals surface area contributed by atoms with Crippen LogP contribution in [0.4, 0.5) is 0 Å². The Balaban J connectivity index is 0.00000940. The van der Waals surface area contributed by atoms with Crippen molar-refractivity contribution in [1.29, 1.82) is 0 Å². The number of carbonyl (C=O) groups excluding carboxylic acids is 2. The maximum atomic E-state index is 14.6. The average molecular weight is 1250 g/mol. The second-order valence-electron chi connectivity index (χ2n) is 26.8. The molecule has 85 heavy (non-hydrogen) atoms. The predicted molar refractivity (Wildman–Crippen MR) is 281 cm³/mol. The van der Waals surface area contributed by atoms with Crippen LogP contribution in [-0.4, -0.2) is 243 Å². The Morgan fingerprint density at radius 2 is 1.32 bits per heavy atom. The Morgan fingerprint density at radius 3 is 1.92 bits per heavy atom. The molecule has 0 aromatic heterocycles. The molecule has 28 atom stereocenters. The number of ether oxygens (including phenoxy) is 11. The van der Waals surface area contributed by atoms with E-state index < -0.39 is 192 Å². The van der Waals surface area contributed by atoms with Gasteiger partial charge < -0.3 is 108 Å². The number of hydrogen-bond acceptors (Lipinski definition) is 27. The van der Waals surface area contributed by atoms with Crippen molar-refractivity contribution in [3.63, 3.8) is 0 Å². The van der Waals surface area contributed by atoms with Gasteiger partial charge >= 0.3 is 41.5 Å². The molecule has 5 heterocycles. The third-order valence-corrected chi connectivity index (χ3v) is 21.5. The standard InChI is InChI=1S/C56H90O27S.Na/c1-24-42(78-48-41(67)44(36(62)29(22-58)76-48)79-47-40(66)43(72-10)35(61)28(21-57)75-47)38(64)39(65)46(74-24)80-45-37(63)30(83-84(69,70)71)23-73-49(45)77-34-15-18-53(7)27-20-33(60)56-32(14-19-54(56,8)26(27)12-13-31(53)52(34,5)6)55(9,82-50(56)68)17-11-16-51(3,4)81-25(2)59;/h20,24,26,28-49,57-58,60-67H,11-19,21-23H2,1-10H3,(H,69,70,71);/q;+1/p-1/t24?,26?,28?,29?,30-,31?,32-,33+,34+,35-,36-,37?,38?,39?,40?,41?,42-,43?,44?,45?,46+,47+,48+,49+,53-,54+,55+,56+;/m1./s1. The monoisotopic (exact) mass is 1250 g/mol. The molecule has 0 aromatic rings. The Morgan fingerprint density at radius 1 is 0.729 bits per heavy atom. The topological polar surface area (TPSA) is 404 Å². The Labute approximate surface area is 517 Å². The second kappa shape index (κ2) is 25.7. The summed E-state index contributed by atoms with van der Waals surface area (Å²) >= 11 is 0. The molecule has 5 saturated heterocycles. The van der Waals surface area contributed by atoms with Gasteiger partial charge in [0, 0.05) is 20.0 Å². The van der Waals surface area contributed by atoms with Crippen molar-refractivity contribution in [2.75, 3.05) is 26.9 Å². The largest absolute Gasteiger partial charge is 1.00 e. The molecule has 0 bridgehead atoms. The van der Waals surface area contributed by atoms with E-state index >= 15 is 0 Å². The van der Waals surface area contributed by atoms with E-state index in [0.717, 1.165) is 5.57 Å². The van der Waals surface area contributed by atoms with Crippen molar-refractivity contribution < 1.29 is 159 Å². The van der Waals surface area contributed by atoms with Crippen molar-refractivity contribution >= 4 is 22.3 Å². The SMILES string of the molecule is COC1C(O)[C@H](OC2C(O)[C@H](O[C@@H]3C(C)O[C@@H](OC4C(O)[C@H](OS(=O)(=O)[O-])CO[C@H]4O[C@H]4CC[C@]5(C)C6=C[C@H](O)[C@]78C(=O)O[C@@](C)(CCCC(C)(C)OC(C)=O)[C@H]7CC[C@@]8(C)C6CCC5C4(C)C)C(O)C3O)OC(CO)[C@H]2O)OC(CO)[C@H]1O.[Na+]. The molecule has 0 aromatic carbocycles. The predicted octanol–water partition coefficient (Wildman–Crippen LogP) is -4.16. The van der Waals surface area contributed by atoms with E-state index in [4.69, 9.17) is 52.1 Å². The zero-order valence-electron chi connectivity index (χ0n) is 50.2. The molecule has 0 radical (unpaired) electrons. The van der Waals surface area contributed by atoms with E-state index in [1.54, 1.807) is 0 Å².